The SMILES string of the molecule is O=C(CCn1ccc(=O)[nH]c1=O)NCC#Cc1ccccc1C(F)(F)F. The summed E-state index contributed by atoms with van der Waals surface area (Å²) in [5.41, 5.74) is -2.18. The minimum absolute atomic E-state index is 0.0474. The number of H-pyrrole nitrogens is 1. The number of carbonyl (C=O) groups is 1. The highest BCUT2D eigenvalue weighted by molar-refractivity contribution is 5.76. The predicted molar refractivity (Wildman–Crippen MR) is 87.3 cm³/mol. The van der Waals surface area contributed by atoms with Crippen LogP contribution in [0.5, 0.6) is 0 Å². The summed E-state index contributed by atoms with van der Waals surface area (Å²) in [6, 6.07) is 6.06. The van der Waals surface area contributed by atoms with Gasteiger partial charge < -0.3 is 9.88 Å². The van der Waals surface area contributed by atoms with E-state index < -0.39 is 28.9 Å². The normalized spacial score (nSPS) is 10.7. The van der Waals surface area contributed by atoms with Gasteiger partial charge in [0, 0.05) is 30.8 Å². The number of carbonyl (C=O) groups excluding carboxylic acids is 1. The van der Waals surface area contributed by atoms with Crippen LogP contribution in [-0.4, -0.2) is 22.0 Å². The maximum absolute atomic E-state index is 12.8. The quantitative estimate of drug-likeness (QED) is 0.797. The van der Waals surface area contributed by atoms with E-state index in [-0.39, 0.29) is 25.1 Å². The van der Waals surface area contributed by atoms with Gasteiger partial charge in [-0.2, -0.15) is 13.2 Å². The van der Waals surface area contributed by atoms with Crippen molar-refractivity contribution in [1.82, 2.24) is 14.9 Å². The van der Waals surface area contributed by atoms with Gasteiger partial charge in [0.1, 0.15) is 0 Å². The van der Waals surface area contributed by atoms with Crippen LogP contribution in [0.4, 0.5) is 13.2 Å². The molecule has 0 radical (unpaired) electrons. The number of hydrogen-bond donors (Lipinski definition) is 2. The highest BCUT2D eigenvalue weighted by Crippen LogP contribution is 2.31. The molecule has 1 aromatic carbocycles. The Balaban J connectivity index is 1.89. The minimum Gasteiger partial charge on any atom is -0.345 e. The van der Waals surface area contributed by atoms with Crippen molar-refractivity contribution in [2.24, 2.45) is 0 Å². The summed E-state index contributed by atoms with van der Waals surface area (Å²) in [6.45, 7) is -0.0860. The zero-order valence-electron chi connectivity index (χ0n) is 13.4. The lowest BCUT2D eigenvalue weighted by atomic mass is 10.1. The van der Waals surface area contributed by atoms with Crippen LogP contribution in [0.3, 0.4) is 0 Å². The van der Waals surface area contributed by atoms with E-state index in [1.807, 2.05) is 0 Å². The molecule has 0 bridgehead atoms. The van der Waals surface area contributed by atoms with Crippen LogP contribution < -0.4 is 16.6 Å². The van der Waals surface area contributed by atoms with Crippen LogP contribution in [0.15, 0.2) is 46.1 Å². The molecule has 9 heteroatoms. The molecule has 0 fully saturated rings. The van der Waals surface area contributed by atoms with Gasteiger partial charge in [0.15, 0.2) is 0 Å². The number of nitrogens with zero attached hydrogens (tertiary/aromatic N) is 1. The van der Waals surface area contributed by atoms with E-state index in [1.54, 1.807) is 0 Å². The second-order valence-corrected chi connectivity index (χ2v) is 5.18. The van der Waals surface area contributed by atoms with E-state index >= 15 is 0 Å². The van der Waals surface area contributed by atoms with Crippen LogP contribution >= 0.6 is 0 Å². The van der Waals surface area contributed by atoms with Gasteiger partial charge >= 0.3 is 11.9 Å². The molecule has 1 aromatic heterocycles. The fraction of sp³-hybridized carbons (Fsp3) is 0.235. The second-order valence-electron chi connectivity index (χ2n) is 5.18. The molecule has 26 heavy (non-hydrogen) atoms. The van der Waals surface area contributed by atoms with Gasteiger partial charge in [-0.3, -0.25) is 14.6 Å². The van der Waals surface area contributed by atoms with Gasteiger partial charge in [-0.1, -0.05) is 24.0 Å². The molecule has 0 unspecified atom stereocenters. The van der Waals surface area contributed by atoms with Gasteiger partial charge in [-0.15, -0.1) is 0 Å². The zero-order valence-corrected chi connectivity index (χ0v) is 13.4. The number of hydrogen-bond acceptors (Lipinski definition) is 3. The van der Waals surface area contributed by atoms with Crippen LogP contribution in [0.1, 0.15) is 17.5 Å². The van der Waals surface area contributed by atoms with Crippen LogP contribution in [0, 0.1) is 11.8 Å². The van der Waals surface area contributed by atoms with Crippen molar-refractivity contribution >= 4 is 5.91 Å². The summed E-state index contributed by atoms with van der Waals surface area (Å²) in [5, 5.41) is 2.43. The van der Waals surface area contributed by atoms with Gasteiger partial charge in [-0.05, 0) is 12.1 Å². The fourth-order valence-corrected chi connectivity index (χ4v) is 2.05. The molecule has 0 spiro atoms. The van der Waals surface area contributed by atoms with E-state index in [1.165, 1.54) is 24.4 Å². The molecule has 1 amide bonds. The maximum atomic E-state index is 12.8. The third kappa shape index (κ3) is 5.37. The molecule has 2 aromatic rings. The number of aryl methyl sites for hydroxylation is 1. The molecular weight excluding hydrogens is 351 g/mol. The maximum Gasteiger partial charge on any atom is 0.417 e. The predicted octanol–water partition coefficient (Wildman–Crippen LogP) is 1.11. The lowest BCUT2D eigenvalue weighted by Gasteiger charge is -2.08. The Morgan fingerprint density at radius 3 is 2.62 bits per heavy atom. The number of alkyl halides is 3. The number of aromatic amines is 1. The number of halogens is 3. The summed E-state index contributed by atoms with van der Waals surface area (Å²) < 4.78 is 39.6. The Bertz CT molecular complexity index is 965. The minimum atomic E-state index is -4.50. The van der Waals surface area contributed by atoms with Crippen molar-refractivity contribution in [2.45, 2.75) is 19.1 Å². The van der Waals surface area contributed by atoms with Crippen molar-refractivity contribution < 1.29 is 18.0 Å². The Morgan fingerprint density at radius 2 is 1.92 bits per heavy atom. The Hall–Kier alpha value is -3.28. The summed E-state index contributed by atoms with van der Waals surface area (Å²) in [4.78, 5) is 36.1. The van der Waals surface area contributed by atoms with Crippen LogP contribution in [0.25, 0.3) is 0 Å². The summed E-state index contributed by atoms with van der Waals surface area (Å²) in [5.74, 6) is 4.42. The van der Waals surface area contributed by atoms with Crippen molar-refractivity contribution in [3.05, 3.63) is 68.5 Å². The highest BCUT2D eigenvalue weighted by atomic mass is 19.4. The zero-order chi connectivity index (χ0) is 19.2. The monoisotopic (exact) mass is 365 g/mol. The molecule has 1 heterocycles. The molecule has 0 aliphatic heterocycles. The third-order valence-electron chi connectivity index (χ3n) is 3.31. The van der Waals surface area contributed by atoms with E-state index in [2.05, 4.69) is 22.1 Å². The first kappa shape index (κ1) is 19.1. The molecule has 136 valence electrons. The average Bonchev–Trinajstić information content (AvgIpc) is 2.57. The molecule has 0 aliphatic carbocycles. The number of rotatable bonds is 4. The van der Waals surface area contributed by atoms with E-state index in [0.29, 0.717) is 0 Å². The Kier molecular flexibility index (Phi) is 6.01. The first-order valence-electron chi connectivity index (χ1n) is 7.49. The second kappa shape index (κ2) is 8.20. The summed E-state index contributed by atoms with van der Waals surface area (Å²) >= 11 is 0. The first-order chi connectivity index (χ1) is 12.3. The van der Waals surface area contributed by atoms with Gasteiger partial charge in [-0.25, -0.2) is 4.79 Å². The fourth-order valence-electron chi connectivity index (χ4n) is 2.05. The number of amides is 1. The number of nitrogens with one attached hydrogen (secondary N) is 2. The van der Waals surface area contributed by atoms with Crippen molar-refractivity contribution in [1.29, 1.82) is 0 Å². The van der Waals surface area contributed by atoms with Crippen LogP contribution in [-0.2, 0) is 17.5 Å². The topological polar surface area (TPSA) is 84.0 Å². The Morgan fingerprint density at radius 1 is 1.19 bits per heavy atom. The lowest BCUT2D eigenvalue weighted by Crippen LogP contribution is -2.31. The molecule has 0 atom stereocenters. The van der Waals surface area contributed by atoms with Gasteiger partial charge in [0.25, 0.3) is 5.56 Å². The number of benzene rings is 1. The lowest BCUT2D eigenvalue weighted by molar-refractivity contribution is -0.137. The molecule has 0 aliphatic rings. The average molecular weight is 365 g/mol. The Labute approximate surface area is 145 Å². The largest absolute Gasteiger partial charge is 0.417 e. The van der Waals surface area contributed by atoms with E-state index in [0.717, 1.165) is 16.7 Å². The standard InChI is InChI=1S/C17H14F3N3O3/c18-17(19,20)13-6-2-1-4-12(13)5-3-9-21-14(24)7-10-23-11-8-15(25)22-16(23)26/h1-2,4,6,8,11H,7,9-10H2,(H,21,24)(H,22,25,26). The summed E-state index contributed by atoms with van der Waals surface area (Å²) in [6.07, 6.45) is -3.28. The van der Waals surface area contributed by atoms with Crippen molar-refractivity contribution in [2.75, 3.05) is 6.54 Å². The van der Waals surface area contributed by atoms with Crippen molar-refractivity contribution in [3.63, 3.8) is 0 Å². The molecular formula is C17H14F3N3O3. The molecule has 6 nitrogen and oxygen atoms in total. The summed E-state index contributed by atoms with van der Waals surface area (Å²) in [7, 11) is 0. The van der Waals surface area contributed by atoms with Gasteiger partial charge in [0.2, 0.25) is 5.91 Å². The third-order valence-corrected chi connectivity index (χ3v) is 3.31. The first-order valence-corrected chi connectivity index (χ1v) is 7.49. The van der Waals surface area contributed by atoms with Gasteiger partial charge in [0.05, 0.1) is 12.1 Å². The molecule has 2 N–H and O–H groups in total. The highest BCUT2D eigenvalue weighted by Gasteiger charge is 2.32. The number of aromatic nitrogens is 2. The molecule has 0 saturated heterocycles. The van der Waals surface area contributed by atoms with Crippen molar-refractivity contribution in [3.8, 4) is 11.8 Å². The van der Waals surface area contributed by atoms with Crippen LogP contribution in [0.2, 0.25) is 0 Å². The van der Waals surface area contributed by atoms with E-state index in [9.17, 15) is 27.6 Å². The smallest absolute Gasteiger partial charge is 0.345 e. The molecule has 2 rings (SSSR count). The van der Waals surface area contributed by atoms with E-state index in [4.69, 9.17) is 0 Å². The molecule has 0 saturated carbocycles.